The molecule has 0 aliphatic heterocycles. The first-order valence-electron chi connectivity index (χ1n) is 4.50. The number of primary amides is 1. The lowest BCUT2D eigenvalue weighted by Gasteiger charge is -2.22. The average Bonchev–Trinajstić information content (AvgIpc) is 2.04. The minimum absolute atomic E-state index is 0.0769. The largest absolute Gasteiger partial charge is 0.462 e. The van der Waals surface area contributed by atoms with Gasteiger partial charge in [0.25, 0.3) is 6.02 Å². The molecule has 0 unspecified atom stereocenters. The first-order chi connectivity index (χ1) is 6.18. The van der Waals surface area contributed by atoms with Gasteiger partial charge in [0.2, 0.25) is 0 Å². The predicted octanol–water partition coefficient (Wildman–Crippen LogP) is 0.939. The van der Waals surface area contributed by atoms with Gasteiger partial charge in [-0.05, 0) is 25.7 Å². The minimum atomic E-state index is -0.749. The van der Waals surface area contributed by atoms with E-state index < -0.39 is 6.03 Å². The standard InChI is InChI=1S/C8H15N3O2/c9-7(12)11-8(10)13-6-4-2-1-3-5-6/h6H,1-5H2,(H4,9,10,11,12). The molecule has 0 saturated heterocycles. The second-order valence-electron chi connectivity index (χ2n) is 3.20. The van der Waals surface area contributed by atoms with Crippen LogP contribution in [0.25, 0.3) is 0 Å². The average molecular weight is 185 g/mol. The maximum atomic E-state index is 10.3. The topological polar surface area (TPSA) is 88.2 Å². The fraction of sp³-hybridized carbons (Fsp3) is 0.750. The van der Waals surface area contributed by atoms with Gasteiger partial charge in [-0.1, -0.05) is 6.42 Å². The van der Waals surface area contributed by atoms with Crippen LogP contribution in [0.1, 0.15) is 32.1 Å². The van der Waals surface area contributed by atoms with Crippen molar-refractivity contribution in [2.45, 2.75) is 38.2 Å². The Kier molecular flexibility index (Phi) is 3.54. The maximum absolute atomic E-state index is 10.3. The van der Waals surface area contributed by atoms with Crippen molar-refractivity contribution >= 4 is 12.1 Å². The summed E-state index contributed by atoms with van der Waals surface area (Å²) >= 11 is 0. The van der Waals surface area contributed by atoms with E-state index in [2.05, 4.69) is 5.32 Å². The summed E-state index contributed by atoms with van der Waals surface area (Å²) in [6, 6.07) is -0.986. The third-order valence-corrected chi connectivity index (χ3v) is 2.07. The molecule has 1 saturated carbocycles. The summed E-state index contributed by atoms with van der Waals surface area (Å²) in [5, 5.41) is 9.31. The monoisotopic (exact) mass is 185 g/mol. The molecule has 2 amide bonds. The molecule has 0 aromatic heterocycles. The molecular weight excluding hydrogens is 170 g/mol. The van der Waals surface area contributed by atoms with Crippen LogP contribution in [0, 0.1) is 5.41 Å². The highest BCUT2D eigenvalue weighted by Crippen LogP contribution is 2.19. The van der Waals surface area contributed by atoms with E-state index in [0.29, 0.717) is 0 Å². The Balaban J connectivity index is 2.22. The summed E-state index contributed by atoms with van der Waals surface area (Å²) in [5.41, 5.74) is 4.83. The molecule has 0 spiro atoms. The van der Waals surface area contributed by atoms with Crippen LogP contribution >= 0.6 is 0 Å². The molecule has 5 heteroatoms. The molecular formula is C8H15N3O2. The van der Waals surface area contributed by atoms with Crippen LogP contribution in [0.3, 0.4) is 0 Å². The first kappa shape index (κ1) is 9.83. The highest BCUT2D eigenvalue weighted by molar-refractivity contribution is 5.90. The molecule has 1 fully saturated rings. The summed E-state index contributed by atoms with van der Waals surface area (Å²) in [6.45, 7) is 0. The van der Waals surface area contributed by atoms with E-state index in [-0.39, 0.29) is 12.1 Å². The van der Waals surface area contributed by atoms with Crippen LogP contribution in [0.4, 0.5) is 4.79 Å². The van der Waals surface area contributed by atoms with Gasteiger partial charge in [0.1, 0.15) is 6.10 Å². The molecule has 74 valence electrons. The highest BCUT2D eigenvalue weighted by atomic mass is 16.5. The number of amides is 2. The van der Waals surface area contributed by atoms with Crippen LogP contribution in [-0.4, -0.2) is 18.2 Å². The predicted molar refractivity (Wildman–Crippen MR) is 48.4 cm³/mol. The maximum Gasteiger partial charge on any atom is 0.320 e. The smallest absolute Gasteiger partial charge is 0.320 e. The van der Waals surface area contributed by atoms with Gasteiger partial charge in [0.15, 0.2) is 0 Å². The minimum Gasteiger partial charge on any atom is -0.462 e. The number of ether oxygens (including phenoxy) is 1. The summed E-state index contributed by atoms with van der Waals surface area (Å²) in [7, 11) is 0. The van der Waals surface area contributed by atoms with E-state index in [9.17, 15) is 4.79 Å². The fourth-order valence-electron chi connectivity index (χ4n) is 1.49. The molecule has 0 bridgehead atoms. The van der Waals surface area contributed by atoms with Crippen LogP contribution in [0.15, 0.2) is 0 Å². The molecule has 13 heavy (non-hydrogen) atoms. The summed E-state index contributed by atoms with van der Waals surface area (Å²) in [4.78, 5) is 10.3. The fourth-order valence-corrected chi connectivity index (χ4v) is 1.49. The number of hydrogen-bond acceptors (Lipinski definition) is 3. The van der Waals surface area contributed by atoms with Crippen molar-refractivity contribution < 1.29 is 9.53 Å². The Bertz CT molecular complexity index is 200. The zero-order valence-corrected chi connectivity index (χ0v) is 7.51. The van der Waals surface area contributed by atoms with Crippen molar-refractivity contribution in [3.05, 3.63) is 0 Å². The van der Waals surface area contributed by atoms with Gasteiger partial charge in [-0.3, -0.25) is 10.7 Å². The van der Waals surface area contributed by atoms with Crippen LogP contribution in [0.5, 0.6) is 0 Å². The highest BCUT2D eigenvalue weighted by Gasteiger charge is 2.16. The molecule has 1 aliphatic carbocycles. The van der Waals surface area contributed by atoms with Crippen molar-refractivity contribution in [1.82, 2.24) is 5.32 Å². The normalized spacial score (nSPS) is 17.8. The van der Waals surface area contributed by atoms with Crippen molar-refractivity contribution in [2.24, 2.45) is 5.73 Å². The lowest BCUT2D eigenvalue weighted by atomic mass is 9.98. The third kappa shape index (κ3) is 3.78. The molecule has 0 heterocycles. The van der Waals surface area contributed by atoms with Gasteiger partial charge in [0, 0.05) is 0 Å². The summed E-state index contributed by atoms with van der Waals surface area (Å²) in [5.74, 6) is 0. The molecule has 0 aromatic carbocycles. The molecule has 5 nitrogen and oxygen atoms in total. The Hall–Kier alpha value is -1.26. The number of amidine groups is 1. The van der Waals surface area contributed by atoms with Gasteiger partial charge in [-0.2, -0.15) is 0 Å². The summed E-state index contributed by atoms with van der Waals surface area (Å²) < 4.78 is 5.17. The van der Waals surface area contributed by atoms with Crippen molar-refractivity contribution in [2.75, 3.05) is 0 Å². The number of nitrogens with one attached hydrogen (secondary N) is 2. The number of urea groups is 1. The van der Waals surface area contributed by atoms with E-state index >= 15 is 0 Å². The first-order valence-corrected chi connectivity index (χ1v) is 4.50. The van der Waals surface area contributed by atoms with E-state index in [1.54, 1.807) is 0 Å². The lowest BCUT2D eigenvalue weighted by molar-refractivity contribution is 0.134. The molecule has 0 atom stereocenters. The number of carbonyl (C=O) groups is 1. The Labute approximate surface area is 77.1 Å². The van der Waals surface area contributed by atoms with Crippen molar-refractivity contribution in [3.8, 4) is 0 Å². The van der Waals surface area contributed by atoms with Crippen molar-refractivity contribution in [3.63, 3.8) is 0 Å². The number of nitrogens with two attached hydrogens (primary N) is 1. The Morgan fingerprint density at radius 3 is 2.54 bits per heavy atom. The zero-order valence-electron chi connectivity index (χ0n) is 7.51. The number of carbonyl (C=O) groups excluding carboxylic acids is 1. The number of hydrogen-bond donors (Lipinski definition) is 3. The molecule has 0 radical (unpaired) electrons. The van der Waals surface area contributed by atoms with E-state index in [1.807, 2.05) is 0 Å². The lowest BCUT2D eigenvalue weighted by Crippen LogP contribution is -2.38. The van der Waals surface area contributed by atoms with Crippen molar-refractivity contribution in [1.29, 1.82) is 5.41 Å². The summed E-state index contributed by atoms with van der Waals surface area (Å²) in [6.07, 6.45) is 5.50. The Morgan fingerprint density at radius 2 is 2.00 bits per heavy atom. The van der Waals surface area contributed by atoms with Gasteiger partial charge in [-0.15, -0.1) is 0 Å². The van der Waals surface area contributed by atoms with Crippen LogP contribution in [0.2, 0.25) is 0 Å². The molecule has 1 rings (SSSR count). The molecule has 4 N–H and O–H groups in total. The van der Waals surface area contributed by atoms with E-state index in [4.69, 9.17) is 15.9 Å². The van der Waals surface area contributed by atoms with Gasteiger partial charge >= 0.3 is 6.03 Å². The third-order valence-electron chi connectivity index (χ3n) is 2.07. The second-order valence-corrected chi connectivity index (χ2v) is 3.20. The van der Waals surface area contributed by atoms with Gasteiger partial charge < -0.3 is 10.5 Å². The Morgan fingerprint density at radius 1 is 1.38 bits per heavy atom. The zero-order chi connectivity index (χ0) is 9.68. The number of rotatable bonds is 1. The molecule has 1 aliphatic rings. The van der Waals surface area contributed by atoms with E-state index in [0.717, 1.165) is 25.7 Å². The SMILES string of the molecule is N=C(NC(N)=O)OC1CCCCC1. The quantitative estimate of drug-likeness (QED) is 0.419. The molecule has 0 aromatic rings. The van der Waals surface area contributed by atoms with Gasteiger partial charge in [0.05, 0.1) is 0 Å². The van der Waals surface area contributed by atoms with Crippen LogP contribution < -0.4 is 11.1 Å². The van der Waals surface area contributed by atoms with E-state index in [1.165, 1.54) is 6.42 Å². The van der Waals surface area contributed by atoms with Gasteiger partial charge in [-0.25, -0.2) is 4.79 Å². The van der Waals surface area contributed by atoms with Crippen LogP contribution in [-0.2, 0) is 4.74 Å². The second kappa shape index (κ2) is 4.69.